The van der Waals surface area contributed by atoms with Gasteiger partial charge in [-0.2, -0.15) is 0 Å². The van der Waals surface area contributed by atoms with Crippen molar-refractivity contribution in [1.82, 2.24) is 5.32 Å². The third-order valence-electron chi connectivity index (χ3n) is 3.22. The van der Waals surface area contributed by atoms with E-state index in [1.807, 2.05) is 44.2 Å². The van der Waals surface area contributed by atoms with Gasteiger partial charge in [0.05, 0.1) is 0 Å². The molecule has 0 heterocycles. The molecule has 2 N–H and O–H groups in total. The Balaban J connectivity index is 2.28. The Morgan fingerprint density at radius 3 is 2.55 bits per heavy atom. The van der Waals surface area contributed by atoms with Crippen LogP contribution in [0.4, 0.5) is 0 Å². The smallest absolute Gasteiger partial charge is 0.130 e. The van der Waals surface area contributed by atoms with Gasteiger partial charge in [0, 0.05) is 20.3 Å². The number of aliphatic hydroxyl groups is 1. The van der Waals surface area contributed by atoms with Crippen molar-refractivity contribution in [2.75, 3.05) is 26.8 Å². The molecule has 0 aromatic heterocycles. The summed E-state index contributed by atoms with van der Waals surface area (Å²) < 4.78 is 10.8. The predicted octanol–water partition coefficient (Wildman–Crippen LogP) is 2.22. The van der Waals surface area contributed by atoms with Gasteiger partial charge in [0.15, 0.2) is 0 Å². The van der Waals surface area contributed by atoms with Gasteiger partial charge in [0.1, 0.15) is 17.5 Å². The van der Waals surface area contributed by atoms with Crippen LogP contribution in [0.2, 0.25) is 0 Å². The van der Waals surface area contributed by atoms with Gasteiger partial charge in [0.25, 0.3) is 0 Å². The Morgan fingerprint density at radius 2 is 1.90 bits per heavy atom. The highest BCUT2D eigenvalue weighted by Crippen LogP contribution is 2.20. The third kappa shape index (κ3) is 6.37. The molecule has 0 bridgehead atoms. The molecule has 4 nitrogen and oxygen atoms in total. The summed E-state index contributed by atoms with van der Waals surface area (Å²) >= 11 is 0. The summed E-state index contributed by atoms with van der Waals surface area (Å²) in [6.45, 7) is 5.98. The van der Waals surface area contributed by atoms with Crippen molar-refractivity contribution in [3.05, 3.63) is 30.3 Å². The molecule has 114 valence electrons. The maximum absolute atomic E-state index is 10.2. The van der Waals surface area contributed by atoms with Crippen LogP contribution in [0.3, 0.4) is 0 Å². The Morgan fingerprint density at radius 1 is 1.20 bits per heavy atom. The average molecular weight is 281 g/mol. The maximum Gasteiger partial charge on any atom is 0.130 e. The molecule has 1 unspecified atom stereocenters. The van der Waals surface area contributed by atoms with Crippen molar-refractivity contribution in [1.29, 1.82) is 0 Å². The normalized spacial score (nSPS) is 13.2. The standard InChI is InChI=1S/C16H27NO3/c1-16(2,20-14-9-5-4-6-10-14)15(18)13-17-11-7-8-12-19-3/h4-6,9-10,15,17-18H,7-8,11-13H2,1-3H3. The predicted molar refractivity (Wildman–Crippen MR) is 81.1 cm³/mol. The zero-order chi connectivity index (χ0) is 14.8. The van der Waals surface area contributed by atoms with Crippen molar-refractivity contribution in [3.8, 4) is 5.75 Å². The van der Waals surface area contributed by atoms with E-state index in [-0.39, 0.29) is 0 Å². The average Bonchev–Trinajstić information content (AvgIpc) is 2.43. The zero-order valence-corrected chi connectivity index (χ0v) is 12.8. The van der Waals surface area contributed by atoms with Crippen molar-refractivity contribution >= 4 is 0 Å². The molecule has 0 amide bonds. The van der Waals surface area contributed by atoms with Crippen LogP contribution in [0.15, 0.2) is 30.3 Å². The monoisotopic (exact) mass is 281 g/mol. The Hall–Kier alpha value is -1.10. The third-order valence-corrected chi connectivity index (χ3v) is 3.22. The molecular formula is C16H27NO3. The lowest BCUT2D eigenvalue weighted by Crippen LogP contribution is -2.47. The molecule has 1 rings (SSSR count). The summed E-state index contributed by atoms with van der Waals surface area (Å²) in [4.78, 5) is 0. The number of hydrogen-bond donors (Lipinski definition) is 2. The second-order valence-corrected chi connectivity index (χ2v) is 5.44. The topological polar surface area (TPSA) is 50.7 Å². The van der Waals surface area contributed by atoms with Crippen LogP contribution in [-0.2, 0) is 4.74 Å². The fourth-order valence-electron chi connectivity index (χ4n) is 1.84. The molecule has 20 heavy (non-hydrogen) atoms. The van der Waals surface area contributed by atoms with E-state index in [1.165, 1.54) is 0 Å². The van der Waals surface area contributed by atoms with Crippen molar-refractivity contribution in [3.63, 3.8) is 0 Å². The molecule has 1 aromatic rings. The number of nitrogens with one attached hydrogen (secondary N) is 1. The summed E-state index contributed by atoms with van der Waals surface area (Å²) in [7, 11) is 1.71. The van der Waals surface area contributed by atoms with Crippen LogP contribution < -0.4 is 10.1 Å². The second-order valence-electron chi connectivity index (χ2n) is 5.44. The fourth-order valence-corrected chi connectivity index (χ4v) is 1.84. The van der Waals surface area contributed by atoms with Crippen molar-refractivity contribution in [2.24, 2.45) is 0 Å². The summed E-state index contributed by atoms with van der Waals surface area (Å²) in [6, 6.07) is 9.58. The molecule has 0 saturated carbocycles. The maximum atomic E-state index is 10.2. The number of benzene rings is 1. The summed E-state index contributed by atoms with van der Waals surface area (Å²) in [6.07, 6.45) is 1.51. The van der Waals surface area contributed by atoms with E-state index in [9.17, 15) is 5.11 Å². The van der Waals surface area contributed by atoms with E-state index in [1.54, 1.807) is 7.11 Å². The van der Waals surface area contributed by atoms with Gasteiger partial charge >= 0.3 is 0 Å². The molecule has 0 saturated heterocycles. The molecule has 0 aliphatic rings. The number of rotatable bonds is 10. The molecule has 0 radical (unpaired) electrons. The minimum Gasteiger partial charge on any atom is -0.485 e. The van der Waals surface area contributed by atoms with Gasteiger partial charge in [-0.15, -0.1) is 0 Å². The SMILES string of the molecule is COCCCCNCC(O)C(C)(C)Oc1ccccc1. The first-order valence-corrected chi connectivity index (χ1v) is 7.18. The van der Waals surface area contributed by atoms with E-state index < -0.39 is 11.7 Å². The largest absolute Gasteiger partial charge is 0.485 e. The number of para-hydroxylation sites is 1. The number of ether oxygens (including phenoxy) is 2. The second kappa shape index (κ2) is 8.95. The van der Waals surface area contributed by atoms with Crippen molar-refractivity contribution in [2.45, 2.75) is 38.4 Å². The van der Waals surface area contributed by atoms with Gasteiger partial charge in [0.2, 0.25) is 0 Å². The van der Waals surface area contributed by atoms with Crippen molar-refractivity contribution < 1.29 is 14.6 Å². The quantitative estimate of drug-likeness (QED) is 0.646. The molecule has 1 atom stereocenters. The molecule has 0 fully saturated rings. The molecular weight excluding hydrogens is 254 g/mol. The number of aliphatic hydroxyl groups excluding tert-OH is 1. The van der Waals surface area contributed by atoms with E-state index in [2.05, 4.69) is 5.32 Å². The molecule has 0 aliphatic carbocycles. The number of unbranched alkanes of at least 4 members (excludes halogenated alkanes) is 1. The Labute approximate surface area is 122 Å². The van der Waals surface area contributed by atoms with Gasteiger partial charge in [-0.1, -0.05) is 18.2 Å². The van der Waals surface area contributed by atoms with Gasteiger partial charge in [-0.05, 0) is 45.4 Å². The van der Waals surface area contributed by atoms with Crippen LogP contribution in [0.25, 0.3) is 0 Å². The minimum atomic E-state index is -0.624. The minimum absolute atomic E-state index is 0.521. The fraction of sp³-hybridized carbons (Fsp3) is 0.625. The molecule has 0 spiro atoms. The van der Waals surface area contributed by atoms with Gasteiger partial charge in [-0.25, -0.2) is 0 Å². The van der Waals surface area contributed by atoms with Crippen LogP contribution >= 0.6 is 0 Å². The van der Waals surface area contributed by atoms with Gasteiger partial charge < -0.3 is 19.9 Å². The molecule has 4 heteroatoms. The molecule has 0 aliphatic heterocycles. The van der Waals surface area contributed by atoms with E-state index in [0.717, 1.165) is 31.7 Å². The lowest BCUT2D eigenvalue weighted by atomic mass is 10.0. The number of hydrogen-bond acceptors (Lipinski definition) is 4. The highest BCUT2D eigenvalue weighted by atomic mass is 16.5. The Kier molecular flexibility index (Phi) is 7.59. The zero-order valence-electron chi connectivity index (χ0n) is 12.8. The van der Waals surface area contributed by atoms with E-state index in [4.69, 9.17) is 9.47 Å². The van der Waals surface area contributed by atoms with Crippen LogP contribution in [-0.4, -0.2) is 43.6 Å². The lowest BCUT2D eigenvalue weighted by molar-refractivity contribution is -0.0270. The lowest BCUT2D eigenvalue weighted by Gasteiger charge is -2.31. The van der Waals surface area contributed by atoms with Crippen LogP contribution in [0.5, 0.6) is 5.75 Å². The highest BCUT2D eigenvalue weighted by molar-refractivity contribution is 5.22. The summed E-state index contributed by atoms with van der Waals surface area (Å²) in [5.74, 6) is 0.775. The Bertz CT molecular complexity index is 354. The first-order valence-electron chi connectivity index (χ1n) is 7.18. The summed E-state index contributed by atoms with van der Waals surface area (Å²) in [5.41, 5.74) is -0.624. The van der Waals surface area contributed by atoms with Crippen LogP contribution in [0, 0.1) is 0 Å². The van der Waals surface area contributed by atoms with Gasteiger partial charge in [-0.3, -0.25) is 0 Å². The molecule has 1 aromatic carbocycles. The van der Waals surface area contributed by atoms with E-state index in [0.29, 0.717) is 6.54 Å². The van der Waals surface area contributed by atoms with E-state index >= 15 is 0 Å². The highest BCUT2D eigenvalue weighted by Gasteiger charge is 2.29. The first-order chi connectivity index (χ1) is 9.56. The first kappa shape index (κ1) is 17.0. The summed E-state index contributed by atoms with van der Waals surface area (Å²) in [5, 5.41) is 13.5. The van der Waals surface area contributed by atoms with Crippen LogP contribution in [0.1, 0.15) is 26.7 Å². The number of methoxy groups -OCH3 is 1.